The number of aliphatic imine (C=N–C) groups is 1. The van der Waals surface area contributed by atoms with E-state index < -0.39 is 0 Å². The summed E-state index contributed by atoms with van der Waals surface area (Å²) >= 11 is 0. The molecule has 1 aromatic heterocycles. The summed E-state index contributed by atoms with van der Waals surface area (Å²) in [6.45, 7) is 2.99. The Morgan fingerprint density at radius 3 is 2.04 bits per heavy atom. The van der Waals surface area contributed by atoms with Crippen LogP contribution < -0.4 is 5.62 Å². The van der Waals surface area contributed by atoms with Crippen molar-refractivity contribution in [2.75, 3.05) is 26.3 Å². The van der Waals surface area contributed by atoms with Crippen LogP contribution in [0.2, 0.25) is 0 Å². The molecule has 3 aromatic rings. The number of hydrogen-bond acceptors (Lipinski definition) is 2. The Kier molecular flexibility index (Phi) is 4.58. The van der Waals surface area contributed by atoms with Gasteiger partial charge in [-0.25, -0.2) is 4.99 Å². The zero-order valence-electron chi connectivity index (χ0n) is 15.2. The smallest absolute Gasteiger partial charge is 0.229 e. The lowest BCUT2D eigenvalue weighted by atomic mass is 10.3. The van der Waals surface area contributed by atoms with Crippen molar-refractivity contribution in [2.24, 2.45) is 24.1 Å². The van der Waals surface area contributed by atoms with Crippen LogP contribution in [0.5, 0.6) is 0 Å². The van der Waals surface area contributed by atoms with Crippen molar-refractivity contribution in [2.45, 2.75) is 0 Å². The molecule has 2 aromatic carbocycles. The van der Waals surface area contributed by atoms with Crippen LogP contribution in [0.15, 0.2) is 64.6 Å². The fourth-order valence-electron chi connectivity index (χ4n) is 3.26. The summed E-state index contributed by atoms with van der Waals surface area (Å²) in [5.41, 5.74) is 4.07. The highest BCUT2D eigenvalue weighted by Crippen LogP contribution is 2.14. The number of hydrogen-bond donors (Lipinski definition) is 0. The molecule has 0 atom stereocenters. The third kappa shape index (κ3) is 3.15. The number of fused-ring (bicyclic) bond motifs is 1. The zero-order chi connectivity index (χ0) is 17.9. The SMILES string of the molecule is Cn1c(=NC(=Nc2ccccc2)N2CCOCC2)n(C)c2ccccc21. The van der Waals surface area contributed by atoms with Crippen LogP contribution in [-0.4, -0.2) is 46.3 Å². The third-order valence-corrected chi connectivity index (χ3v) is 4.68. The second kappa shape index (κ2) is 7.17. The van der Waals surface area contributed by atoms with E-state index in [2.05, 4.69) is 26.2 Å². The molecule has 0 spiro atoms. The average molecular weight is 349 g/mol. The van der Waals surface area contributed by atoms with Gasteiger partial charge < -0.3 is 18.8 Å². The molecule has 4 rings (SSSR count). The van der Waals surface area contributed by atoms with Gasteiger partial charge in [-0.3, -0.25) is 0 Å². The Bertz CT molecular complexity index is 952. The molecule has 0 N–H and O–H groups in total. The predicted molar refractivity (Wildman–Crippen MR) is 103 cm³/mol. The van der Waals surface area contributed by atoms with Gasteiger partial charge in [0.1, 0.15) is 0 Å². The van der Waals surface area contributed by atoms with Crippen LogP contribution in [-0.2, 0) is 18.8 Å². The van der Waals surface area contributed by atoms with Gasteiger partial charge in [0.25, 0.3) is 0 Å². The van der Waals surface area contributed by atoms with Gasteiger partial charge in [0.05, 0.1) is 29.9 Å². The van der Waals surface area contributed by atoms with Crippen LogP contribution in [0, 0.1) is 0 Å². The average Bonchev–Trinajstić information content (AvgIpc) is 2.94. The van der Waals surface area contributed by atoms with E-state index in [0.29, 0.717) is 13.2 Å². The van der Waals surface area contributed by atoms with Crippen molar-refractivity contribution in [1.29, 1.82) is 0 Å². The van der Waals surface area contributed by atoms with Crippen molar-refractivity contribution < 1.29 is 4.74 Å². The molecule has 6 nitrogen and oxygen atoms in total. The lowest BCUT2D eigenvalue weighted by Crippen LogP contribution is -2.41. The maximum absolute atomic E-state index is 5.50. The zero-order valence-corrected chi connectivity index (χ0v) is 15.2. The highest BCUT2D eigenvalue weighted by molar-refractivity contribution is 5.84. The first-order chi connectivity index (χ1) is 12.7. The molecule has 0 bridgehead atoms. The maximum Gasteiger partial charge on any atom is 0.229 e. The number of benzene rings is 2. The Labute approximate surface area is 152 Å². The molecule has 1 fully saturated rings. The highest BCUT2D eigenvalue weighted by Gasteiger charge is 2.16. The molecule has 1 aliphatic rings. The van der Waals surface area contributed by atoms with Crippen LogP contribution in [0.3, 0.4) is 0 Å². The van der Waals surface area contributed by atoms with Crippen LogP contribution in [0.25, 0.3) is 11.0 Å². The van der Waals surface area contributed by atoms with Gasteiger partial charge in [0.15, 0.2) is 0 Å². The van der Waals surface area contributed by atoms with E-state index >= 15 is 0 Å². The Morgan fingerprint density at radius 2 is 1.42 bits per heavy atom. The number of guanidine groups is 1. The van der Waals surface area contributed by atoms with Crippen molar-refractivity contribution in [3.05, 3.63) is 60.2 Å². The van der Waals surface area contributed by atoms with Crippen molar-refractivity contribution >= 4 is 22.7 Å². The number of imidazole rings is 1. The van der Waals surface area contributed by atoms with Crippen LogP contribution in [0.4, 0.5) is 5.69 Å². The first-order valence-electron chi connectivity index (χ1n) is 8.85. The first kappa shape index (κ1) is 16.6. The maximum atomic E-state index is 5.50. The monoisotopic (exact) mass is 349 g/mol. The van der Waals surface area contributed by atoms with E-state index in [-0.39, 0.29) is 0 Å². The summed E-state index contributed by atoms with van der Waals surface area (Å²) in [6.07, 6.45) is 0. The second-order valence-corrected chi connectivity index (χ2v) is 6.37. The van der Waals surface area contributed by atoms with E-state index in [1.807, 2.05) is 56.6 Å². The molecule has 0 unspecified atom stereocenters. The summed E-state index contributed by atoms with van der Waals surface area (Å²) < 4.78 is 9.71. The van der Waals surface area contributed by atoms with Crippen LogP contribution >= 0.6 is 0 Å². The molecule has 1 aliphatic heterocycles. The topological polar surface area (TPSA) is 47.1 Å². The largest absolute Gasteiger partial charge is 0.378 e. The lowest BCUT2D eigenvalue weighted by Gasteiger charge is -2.27. The number of aryl methyl sites for hydroxylation is 2. The molecule has 0 saturated carbocycles. The quantitative estimate of drug-likeness (QED) is 0.500. The second-order valence-electron chi connectivity index (χ2n) is 6.37. The molecule has 0 radical (unpaired) electrons. The van der Waals surface area contributed by atoms with Gasteiger partial charge in [-0.1, -0.05) is 30.3 Å². The number of nitrogens with zero attached hydrogens (tertiary/aromatic N) is 5. The number of morpholine rings is 1. The Balaban J connectivity index is 1.87. The molecular formula is C20H23N5O. The normalized spacial score (nSPS) is 15.5. The fraction of sp³-hybridized carbons (Fsp3) is 0.300. The standard InChI is InChI=1S/C20H23N5O/c1-23-17-10-6-7-11-18(17)24(2)20(23)22-19(25-12-14-26-15-13-25)21-16-8-4-3-5-9-16/h3-11H,12-15H2,1-2H3. The molecular weight excluding hydrogens is 326 g/mol. The minimum atomic E-state index is 0.699. The number of rotatable bonds is 1. The summed E-state index contributed by atoms with van der Waals surface area (Å²) in [5, 5.41) is 0. The number of aromatic nitrogens is 2. The molecule has 1 saturated heterocycles. The number of ether oxygens (including phenoxy) is 1. The molecule has 0 amide bonds. The molecule has 2 heterocycles. The van der Waals surface area contributed by atoms with Crippen molar-refractivity contribution in [3.8, 4) is 0 Å². The van der Waals surface area contributed by atoms with Gasteiger partial charge in [-0.05, 0) is 24.3 Å². The van der Waals surface area contributed by atoms with Gasteiger partial charge in [-0.2, -0.15) is 4.99 Å². The van der Waals surface area contributed by atoms with Gasteiger partial charge >= 0.3 is 0 Å². The predicted octanol–water partition coefficient (Wildman–Crippen LogP) is 2.44. The first-order valence-corrected chi connectivity index (χ1v) is 8.85. The molecule has 134 valence electrons. The summed E-state index contributed by atoms with van der Waals surface area (Å²) in [4.78, 5) is 12.0. The van der Waals surface area contributed by atoms with E-state index in [1.165, 1.54) is 0 Å². The fourth-order valence-corrected chi connectivity index (χ4v) is 3.26. The summed E-state index contributed by atoms with van der Waals surface area (Å²) in [6, 6.07) is 18.3. The highest BCUT2D eigenvalue weighted by atomic mass is 16.5. The van der Waals surface area contributed by atoms with Crippen LogP contribution in [0.1, 0.15) is 0 Å². The van der Waals surface area contributed by atoms with E-state index in [4.69, 9.17) is 14.7 Å². The van der Waals surface area contributed by atoms with E-state index in [1.54, 1.807) is 0 Å². The minimum Gasteiger partial charge on any atom is -0.378 e. The Morgan fingerprint density at radius 1 is 0.846 bits per heavy atom. The van der Waals surface area contributed by atoms with E-state index in [0.717, 1.165) is 41.4 Å². The molecule has 6 heteroatoms. The van der Waals surface area contributed by atoms with Gasteiger partial charge in [-0.15, -0.1) is 0 Å². The molecule has 26 heavy (non-hydrogen) atoms. The Hall–Kier alpha value is -2.86. The van der Waals surface area contributed by atoms with E-state index in [9.17, 15) is 0 Å². The summed E-state index contributed by atoms with van der Waals surface area (Å²) in [5.74, 6) is 0.723. The van der Waals surface area contributed by atoms with Gasteiger partial charge in [0, 0.05) is 27.2 Å². The lowest BCUT2D eigenvalue weighted by molar-refractivity contribution is 0.0675. The minimum absolute atomic E-state index is 0.699. The number of para-hydroxylation sites is 3. The molecule has 0 aliphatic carbocycles. The van der Waals surface area contributed by atoms with Crippen molar-refractivity contribution in [1.82, 2.24) is 14.0 Å². The van der Waals surface area contributed by atoms with Gasteiger partial charge in [0.2, 0.25) is 11.6 Å². The van der Waals surface area contributed by atoms with Crippen molar-refractivity contribution in [3.63, 3.8) is 0 Å². The summed E-state index contributed by atoms with van der Waals surface area (Å²) in [7, 11) is 4.08. The third-order valence-electron chi connectivity index (χ3n) is 4.68.